The lowest BCUT2D eigenvalue weighted by Gasteiger charge is -2.17. The summed E-state index contributed by atoms with van der Waals surface area (Å²) < 4.78 is 38.3. The van der Waals surface area contributed by atoms with E-state index in [1.54, 1.807) is 0 Å². The van der Waals surface area contributed by atoms with Crippen molar-refractivity contribution in [2.24, 2.45) is 0 Å². The lowest BCUT2D eigenvalue weighted by atomic mass is 9.88. The summed E-state index contributed by atoms with van der Waals surface area (Å²) in [5.41, 5.74) is 1.58. The fourth-order valence-electron chi connectivity index (χ4n) is 3.12. The van der Waals surface area contributed by atoms with Crippen LogP contribution in [0.25, 0.3) is 0 Å². The van der Waals surface area contributed by atoms with Gasteiger partial charge in [-0.25, -0.2) is 0 Å². The van der Waals surface area contributed by atoms with Crippen LogP contribution in [0.1, 0.15) is 34.6 Å². The summed E-state index contributed by atoms with van der Waals surface area (Å²) in [6, 6.07) is 24.3. The van der Waals surface area contributed by atoms with Crippen LogP contribution >= 0.6 is 0 Å². The summed E-state index contributed by atoms with van der Waals surface area (Å²) >= 11 is 0. The van der Waals surface area contributed by atoms with E-state index in [0.717, 1.165) is 23.3 Å². The molecule has 152 valence electrons. The Balaban J connectivity index is 1.63. The zero-order chi connectivity index (χ0) is 21.4. The summed E-state index contributed by atoms with van der Waals surface area (Å²) in [6.45, 7) is 0.0609. The highest BCUT2D eigenvalue weighted by atomic mass is 19.4. The molecule has 0 unspecified atom stereocenters. The van der Waals surface area contributed by atoms with Crippen LogP contribution < -0.4 is 5.32 Å². The summed E-state index contributed by atoms with van der Waals surface area (Å²) in [7, 11) is 0. The zero-order valence-electron chi connectivity index (χ0n) is 16.1. The number of alkyl halides is 3. The standard InChI is InChI=1S/C25H20F3NO/c26-25(27,28)22-15-7-9-19(17-22)10-8-16-29-24(30)18-23(20-11-3-1-4-12-20)21-13-5-2-6-14-21/h1-7,9,11-15,17,23H,16,18H2,(H,29,30). The van der Waals surface area contributed by atoms with Crippen LogP contribution in [0.3, 0.4) is 0 Å². The molecular formula is C25H20F3NO. The lowest BCUT2D eigenvalue weighted by Crippen LogP contribution is -2.25. The quantitative estimate of drug-likeness (QED) is 0.564. The molecule has 1 amide bonds. The average Bonchev–Trinajstić information content (AvgIpc) is 2.76. The van der Waals surface area contributed by atoms with Crippen molar-refractivity contribution in [3.8, 4) is 11.8 Å². The van der Waals surface area contributed by atoms with E-state index in [1.807, 2.05) is 60.7 Å². The Morgan fingerprint density at radius 2 is 1.47 bits per heavy atom. The van der Waals surface area contributed by atoms with Crippen molar-refractivity contribution in [2.75, 3.05) is 6.54 Å². The van der Waals surface area contributed by atoms with Gasteiger partial charge in [-0.05, 0) is 29.3 Å². The number of hydrogen-bond donors (Lipinski definition) is 1. The number of halogens is 3. The topological polar surface area (TPSA) is 29.1 Å². The Kier molecular flexibility index (Phi) is 6.92. The van der Waals surface area contributed by atoms with Gasteiger partial charge in [0.2, 0.25) is 5.91 Å². The molecule has 3 rings (SSSR count). The second kappa shape index (κ2) is 9.80. The van der Waals surface area contributed by atoms with Crippen LogP contribution in [0.15, 0.2) is 84.9 Å². The predicted octanol–water partition coefficient (Wildman–Crippen LogP) is 5.40. The second-order valence-electron chi connectivity index (χ2n) is 6.74. The highest BCUT2D eigenvalue weighted by Crippen LogP contribution is 2.29. The molecule has 30 heavy (non-hydrogen) atoms. The number of hydrogen-bond acceptors (Lipinski definition) is 1. The van der Waals surface area contributed by atoms with Crippen molar-refractivity contribution in [1.82, 2.24) is 5.32 Å². The number of nitrogens with one attached hydrogen (secondary N) is 1. The van der Waals surface area contributed by atoms with Crippen LogP contribution in [-0.2, 0) is 11.0 Å². The summed E-state index contributed by atoms with van der Waals surface area (Å²) in [4.78, 5) is 12.5. The first-order chi connectivity index (χ1) is 14.4. The summed E-state index contributed by atoms with van der Waals surface area (Å²) in [5.74, 6) is 5.11. The summed E-state index contributed by atoms with van der Waals surface area (Å²) in [5, 5.41) is 2.73. The van der Waals surface area contributed by atoms with E-state index in [-0.39, 0.29) is 30.4 Å². The van der Waals surface area contributed by atoms with E-state index in [1.165, 1.54) is 12.1 Å². The van der Waals surface area contributed by atoms with Gasteiger partial charge in [0, 0.05) is 17.9 Å². The predicted molar refractivity (Wildman–Crippen MR) is 111 cm³/mol. The van der Waals surface area contributed by atoms with Gasteiger partial charge in [0.25, 0.3) is 0 Å². The van der Waals surface area contributed by atoms with E-state index in [2.05, 4.69) is 17.2 Å². The highest BCUT2D eigenvalue weighted by molar-refractivity contribution is 5.77. The normalized spacial score (nSPS) is 10.9. The fraction of sp³-hybridized carbons (Fsp3) is 0.160. The minimum atomic E-state index is -4.41. The van der Waals surface area contributed by atoms with Gasteiger partial charge in [-0.1, -0.05) is 78.6 Å². The van der Waals surface area contributed by atoms with Gasteiger partial charge >= 0.3 is 6.18 Å². The van der Waals surface area contributed by atoms with Crippen LogP contribution in [0, 0.1) is 11.8 Å². The lowest BCUT2D eigenvalue weighted by molar-refractivity contribution is -0.137. The van der Waals surface area contributed by atoms with Crippen LogP contribution in [0.4, 0.5) is 13.2 Å². The molecule has 2 nitrogen and oxygen atoms in total. The largest absolute Gasteiger partial charge is 0.416 e. The van der Waals surface area contributed by atoms with Crippen molar-refractivity contribution in [1.29, 1.82) is 0 Å². The van der Waals surface area contributed by atoms with E-state index in [0.29, 0.717) is 0 Å². The van der Waals surface area contributed by atoms with Crippen molar-refractivity contribution in [2.45, 2.75) is 18.5 Å². The molecule has 3 aromatic carbocycles. The third kappa shape index (κ3) is 5.99. The summed E-state index contributed by atoms with van der Waals surface area (Å²) in [6.07, 6.45) is -4.16. The molecule has 1 N–H and O–H groups in total. The van der Waals surface area contributed by atoms with Gasteiger partial charge in [-0.3, -0.25) is 4.79 Å². The SMILES string of the molecule is O=C(CC(c1ccccc1)c1ccccc1)NCC#Cc1cccc(C(F)(F)F)c1. The van der Waals surface area contributed by atoms with Gasteiger partial charge in [0.15, 0.2) is 0 Å². The number of rotatable bonds is 5. The first kappa shape index (κ1) is 21.2. The number of benzene rings is 3. The molecule has 0 heterocycles. The Bertz CT molecular complexity index is 995. The van der Waals surface area contributed by atoms with Crippen molar-refractivity contribution in [3.63, 3.8) is 0 Å². The van der Waals surface area contributed by atoms with E-state index >= 15 is 0 Å². The maximum Gasteiger partial charge on any atom is 0.416 e. The Labute approximate surface area is 173 Å². The second-order valence-corrected chi connectivity index (χ2v) is 6.74. The molecule has 0 aliphatic carbocycles. The average molecular weight is 407 g/mol. The van der Waals surface area contributed by atoms with Crippen LogP contribution in [0.2, 0.25) is 0 Å². The smallest absolute Gasteiger partial charge is 0.345 e. The molecule has 0 aromatic heterocycles. The minimum absolute atomic E-state index is 0.0609. The fourth-order valence-corrected chi connectivity index (χ4v) is 3.12. The van der Waals surface area contributed by atoms with E-state index < -0.39 is 11.7 Å². The number of carbonyl (C=O) groups excluding carboxylic acids is 1. The molecule has 0 spiro atoms. The number of carbonyl (C=O) groups is 1. The van der Waals surface area contributed by atoms with E-state index in [4.69, 9.17) is 0 Å². The van der Waals surface area contributed by atoms with Gasteiger partial charge < -0.3 is 5.32 Å². The van der Waals surface area contributed by atoms with E-state index in [9.17, 15) is 18.0 Å². The first-order valence-corrected chi connectivity index (χ1v) is 9.46. The molecule has 0 atom stereocenters. The molecule has 0 aliphatic heterocycles. The third-order valence-electron chi connectivity index (χ3n) is 4.59. The molecule has 0 saturated heterocycles. The van der Waals surface area contributed by atoms with Gasteiger partial charge in [0.1, 0.15) is 0 Å². The Hall–Kier alpha value is -3.52. The van der Waals surface area contributed by atoms with Gasteiger partial charge in [-0.2, -0.15) is 13.2 Å². The van der Waals surface area contributed by atoms with Crippen LogP contribution in [0.5, 0.6) is 0 Å². The molecule has 0 aliphatic rings. The van der Waals surface area contributed by atoms with Crippen LogP contribution in [-0.4, -0.2) is 12.5 Å². The highest BCUT2D eigenvalue weighted by Gasteiger charge is 2.30. The molecule has 0 bridgehead atoms. The number of amides is 1. The Morgan fingerprint density at radius 1 is 0.867 bits per heavy atom. The molecule has 0 saturated carbocycles. The molecule has 5 heteroatoms. The molecule has 0 fully saturated rings. The van der Waals surface area contributed by atoms with Crippen molar-refractivity contribution >= 4 is 5.91 Å². The maximum absolute atomic E-state index is 12.8. The monoisotopic (exact) mass is 407 g/mol. The van der Waals surface area contributed by atoms with Crippen molar-refractivity contribution in [3.05, 3.63) is 107 Å². The molecular weight excluding hydrogens is 387 g/mol. The van der Waals surface area contributed by atoms with Gasteiger partial charge in [-0.15, -0.1) is 0 Å². The zero-order valence-corrected chi connectivity index (χ0v) is 16.1. The van der Waals surface area contributed by atoms with Gasteiger partial charge in [0.05, 0.1) is 12.1 Å². The third-order valence-corrected chi connectivity index (χ3v) is 4.59. The first-order valence-electron chi connectivity index (χ1n) is 9.46. The molecule has 3 aromatic rings. The van der Waals surface area contributed by atoms with Crippen molar-refractivity contribution < 1.29 is 18.0 Å². The maximum atomic E-state index is 12.8. The molecule has 0 radical (unpaired) electrons. The Morgan fingerprint density at radius 3 is 2.03 bits per heavy atom. The minimum Gasteiger partial charge on any atom is -0.345 e.